The molecule has 2 rings (SSSR count). The summed E-state index contributed by atoms with van der Waals surface area (Å²) in [4.78, 5) is 39.6. The van der Waals surface area contributed by atoms with Gasteiger partial charge in [0.2, 0.25) is 5.91 Å². The number of anilines is 2. The predicted molar refractivity (Wildman–Crippen MR) is 106 cm³/mol. The lowest BCUT2D eigenvalue weighted by Crippen LogP contribution is -2.37. The smallest absolute Gasteiger partial charge is 0.369 e. The Morgan fingerprint density at radius 3 is 1.89 bits per heavy atom. The van der Waals surface area contributed by atoms with E-state index >= 15 is 0 Å². The zero-order valence-corrected chi connectivity index (χ0v) is 15.8. The SMILES string of the molecule is NC(=O)CC(=NOC(=O)Nc1ccc(Cl)cc1)NC(=O)Nc1ccc(Cl)cc1. The maximum atomic E-state index is 12.0. The number of benzene rings is 2. The lowest BCUT2D eigenvalue weighted by molar-refractivity contribution is -0.116. The molecule has 0 saturated heterocycles. The second kappa shape index (κ2) is 10.1. The lowest BCUT2D eigenvalue weighted by Gasteiger charge is -2.09. The minimum absolute atomic E-state index is 0.259. The number of nitrogens with two attached hydrogens (primary N) is 1. The molecular weight excluding hydrogens is 409 g/mol. The van der Waals surface area contributed by atoms with Crippen molar-refractivity contribution in [3.63, 3.8) is 0 Å². The standard InChI is InChI=1S/C17H15Cl2N5O4/c18-10-1-5-12(6-2-10)21-16(26)23-15(9-14(20)25)24-28-17(27)22-13-7-3-11(19)4-8-13/h1-8H,9H2,(H2,20,25)(H,22,27)(H2,21,23,24,26). The van der Waals surface area contributed by atoms with E-state index in [1.807, 2.05) is 0 Å². The highest BCUT2D eigenvalue weighted by atomic mass is 35.5. The van der Waals surface area contributed by atoms with Crippen LogP contribution in [0.5, 0.6) is 0 Å². The van der Waals surface area contributed by atoms with Gasteiger partial charge in [-0.3, -0.25) is 20.3 Å². The number of oxime groups is 1. The summed E-state index contributed by atoms with van der Waals surface area (Å²) in [6.45, 7) is 0. The van der Waals surface area contributed by atoms with Crippen LogP contribution in [0.15, 0.2) is 53.7 Å². The molecule has 11 heteroatoms. The first-order valence-electron chi connectivity index (χ1n) is 7.74. The van der Waals surface area contributed by atoms with Crippen LogP contribution in [0.1, 0.15) is 6.42 Å². The van der Waals surface area contributed by atoms with E-state index in [0.717, 1.165) is 0 Å². The predicted octanol–water partition coefficient (Wildman–Crippen LogP) is 3.55. The summed E-state index contributed by atoms with van der Waals surface area (Å²) in [5, 5.41) is 11.6. The number of halogens is 2. The molecule has 0 unspecified atom stereocenters. The molecule has 0 spiro atoms. The average molecular weight is 424 g/mol. The van der Waals surface area contributed by atoms with Crippen molar-refractivity contribution in [1.82, 2.24) is 5.32 Å². The number of amidine groups is 1. The van der Waals surface area contributed by atoms with Crippen molar-refractivity contribution in [1.29, 1.82) is 0 Å². The Morgan fingerprint density at radius 1 is 0.893 bits per heavy atom. The van der Waals surface area contributed by atoms with Gasteiger partial charge in [-0.2, -0.15) is 0 Å². The van der Waals surface area contributed by atoms with Crippen molar-refractivity contribution in [2.75, 3.05) is 10.6 Å². The van der Waals surface area contributed by atoms with Crippen molar-refractivity contribution in [2.45, 2.75) is 6.42 Å². The zero-order chi connectivity index (χ0) is 20.5. The van der Waals surface area contributed by atoms with Gasteiger partial charge >= 0.3 is 12.1 Å². The van der Waals surface area contributed by atoms with Crippen molar-refractivity contribution in [2.24, 2.45) is 10.9 Å². The van der Waals surface area contributed by atoms with Gasteiger partial charge in [0.15, 0.2) is 5.84 Å². The van der Waals surface area contributed by atoms with Gasteiger partial charge in [-0.1, -0.05) is 28.4 Å². The Kier molecular flexibility index (Phi) is 7.61. The number of primary amides is 1. The highest BCUT2D eigenvalue weighted by molar-refractivity contribution is 6.31. The van der Waals surface area contributed by atoms with Crippen molar-refractivity contribution < 1.29 is 19.2 Å². The van der Waals surface area contributed by atoms with Crippen LogP contribution in [0.2, 0.25) is 10.0 Å². The molecule has 0 fully saturated rings. The molecule has 0 saturated carbocycles. The van der Waals surface area contributed by atoms with Crippen LogP contribution in [0.25, 0.3) is 0 Å². The molecule has 0 radical (unpaired) electrons. The molecule has 0 aromatic heterocycles. The van der Waals surface area contributed by atoms with Crippen LogP contribution < -0.4 is 21.7 Å². The van der Waals surface area contributed by atoms with Crippen LogP contribution in [0.4, 0.5) is 21.0 Å². The molecule has 28 heavy (non-hydrogen) atoms. The van der Waals surface area contributed by atoms with Crippen LogP contribution in [0.3, 0.4) is 0 Å². The van der Waals surface area contributed by atoms with Crippen LogP contribution >= 0.6 is 23.2 Å². The molecule has 0 atom stereocenters. The van der Waals surface area contributed by atoms with Gasteiger partial charge < -0.3 is 11.1 Å². The van der Waals surface area contributed by atoms with Crippen molar-refractivity contribution >= 4 is 58.4 Å². The number of amides is 4. The zero-order valence-electron chi connectivity index (χ0n) is 14.2. The van der Waals surface area contributed by atoms with E-state index in [1.165, 1.54) is 0 Å². The number of rotatable bonds is 5. The quantitative estimate of drug-likeness (QED) is 0.253. The Hall–Kier alpha value is -3.30. The summed E-state index contributed by atoms with van der Waals surface area (Å²) in [7, 11) is 0. The maximum absolute atomic E-state index is 12.0. The van der Waals surface area contributed by atoms with Crippen molar-refractivity contribution in [3.8, 4) is 0 Å². The van der Waals surface area contributed by atoms with Crippen LogP contribution in [-0.2, 0) is 9.63 Å². The average Bonchev–Trinajstić information content (AvgIpc) is 2.63. The fraction of sp³-hybridized carbons (Fsp3) is 0.0588. The molecule has 0 aliphatic carbocycles. The fourth-order valence-corrected chi connectivity index (χ4v) is 2.11. The third kappa shape index (κ3) is 7.52. The highest BCUT2D eigenvalue weighted by Crippen LogP contribution is 2.14. The second-order valence-corrected chi connectivity index (χ2v) is 6.15. The third-order valence-electron chi connectivity index (χ3n) is 3.03. The molecule has 9 nitrogen and oxygen atoms in total. The number of urea groups is 1. The van der Waals surface area contributed by atoms with E-state index in [4.69, 9.17) is 28.9 Å². The first-order chi connectivity index (χ1) is 13.3. The summed E-state index contributed by atoms with van der Waals surface area (Å²) in [6.07, 6.45) is -1.40. The number of nitrogens with zero attached hydrogens (tertiary/aromatic N) is 1. The van der Waals surface area contributed by atoms with Crippen LogP contribution in [-0.4, -0.2) is 23.9 Å². The molecule has 0 bridgehead atoms. The molecular formula is C17H15Cl2N5O4. The second-order valence-electron chi connectivity index (χ2n) is 5.28. The number of carbonyl (C=O) groups is 3. The minimum Gasteiger partial charge on any atom is -0.369 e. The summed E-state index contributed by atoms with van der Waals surface area (Å²) in [5.41, 5.74) is 5.97. The minimum atomic E-state index is -0.941. The Labute approximate surface area is 169 Å². The topological polar surface area (TPSA) is 135 Å². The molecule has 0 aliphatic rings. The molecule has 0 aliphatic heterocycles. The van der Waals surface area contributed by atoms with E-state index in [9.17, 15) is 14.4 Å². The van der Waals surface area contributed by atoms with Gasteiger partial charge in [0.25, 0.3) is 0 Å². The molecule has 2 aromatic carbocycles. The van der Waals surface area contributed by atoms with E-state index in [0.29, 0.717) is 21.4 Å². The summed E-state index contributed by atoms with van der Waals surface area (Å²) < 4.78 is 0. The van der Waals surface area contributed by atoms with Gasteiger partial charge in [-0.15, -0.1) is 0 Å². The summed E-state index contributed by atoms with van der Waals surface area (Å²) in [5.74, 6) is -1.04. The highest BCUT2D eigenvalue weighted by Gasteiger charge is 2.12. The van der Waals surface area contributed by atoms with Crippen LogP contribution in [0, 0.1) is 0 Å². The van der Waals surface area contributed by atoms with E-state index in [2.05, 4.69) is 25.9 Å². The maximum Gasteiger partial charge on any atom is 0.437 e. The molecule has 4 amide bonds. The molecule has 2 aromatic rings. The number of hydrogen-bond donors (Lipinski definition) is 4. The third-order valence-corrected chi connectivity index (χ3v) is 3.53. The number of nitrogens with one attached hydrogen (secondary N) is 3. The van der Waals surface area contributed by atoms with E-state index in [-0.39, 0.29) is 5.84 Å². The number of carbonyl (C=O) groups excluding carboxylic acids is 3. The van der Waals surface area contributed by atoms with Gasteiger partial charge in [-0.25, -0.2) is 9.59 Å². The van der Waals surface area contributed by atoms with E-state index < -0.39 is 24.5 Å². The fourth-order valence-electron chi connectivity index (χ4n) is 1.86. The number of hydrogen-bond acceptors (Lipinski definition) is 5. The first kappa shape index (κ1) is 21.0. The van der Waals surface area contributed by atoms with Gasteiger partial charge in [-0.05, 0) is 48.5 Å². The largest absolute Gasteiger partial charge is 0.437 e. The summed E-state index contributed by atoms with van der Waals surface area (Å²) >= 11 is 11.5. The normalized spacial score (nSPS) is 10.7. The van der Waals surface area contributed by atoms with Crippen molar-refractivity contribution in [3.05, 3.63) is 58.6 Å². The lowest BCUT2D eigenvalue weighted by atomic mass is 10.3. The Morgan fingerprint density at radius 2 is 1.39 bits per heavy atom. The molecule has 5 N–H and O–H groups in total. The Balaban J connectivity index is 1.95. The summed E-state index contributed by atoms with van der Waals surface area (Å²) in [6, 6.07) is 11.8. The van der Waals surface area contributed by atoms with Gasteiger partial charge in [0, 0.05) is 21.4 Å². The Bertz CT molecular complexity index is 885. The monoisotopic (exact) mass is 423 g/mol. The van der Waals surface area contributed by atoms with Gasteiger partial charge in [0.05, 0.1) is 6.42 Å². The van der Waals surface area contributed by atoms with E-state index in [1.54, 1.807) is 48.5 Å². The molecule has 146 valence electrons. The molecule has 0 heterocycles. The van der Waals surface area contributed by atoms with Gasteiger partial charge in [0.1, 0.15) is 0 Å². The first-order valence-corrected chi connectivity index (χ1v) is 8.50.